The summed E-state index contributed by atoms with van der Waals surface area (Å²) in [5, 5.41) is 10.5. The largest absolute Gasteiger partial charge is 0.472 e. The molecule has 2 fully saturated rings. The fourth-order valence-electron chi connectivity index (χ4n) is 5.85. The first kappa shape index (κ1) is 18.3. The molecule has 2 aliphatic carbocycles. The lowest BCUT2D eigenvalue weighted by molar-refractivity contribution is -0.192. The zero-order valence-corrected chi connectivity index (χ0v) is 15.9. The van der Waals surface area contributed by atoms with Crippen LogP contribution in [-0.4, -0.2) is 30.3 Å². The number of fused-ring (bicyclic) bond motifs is 3. The highest BCUT2D eigenvalue weighted by molar-refractivity contribution is 5.90. The topological polar surface area (TPSA) is 86.0 Å². The molecule has 0 bridgehead atoms. The van der Waals surface area contributed by atoms with E-state index in [2.05, 4.69) is 13.8 Å². The molecule has 1 saturated carbocycles. The Morgan fingerprint density at radius 1 is 1.37 bits per heavy atom. The van der Waals surface area contributed by atoms with Crippen molar-refractivity contribution in [2.75, 3.05) is 7.11 Å². The van der Waals surface area contributed by atoms with Crippen molar-refractivity contribution in [2.24, 2.45) is 22.7 Å². The quantitative estimate of drug-likeness (QED) is 0.800. The minimum absolute atomic E-state index is 0.0277. The third-order valence-corrected chi connectivity index (χ3v) is 7.25. The number of carbonyl (C=O) groups is 2. The molecule has 1 aromatic rings. The van der Waals surface area contributed by atoms with Gasteiger partial charge in [0.05, 0.1) is 31.7 Å². The molecule has 6 heteroatoms. The highest BCUT2D eigenvalue weighted by Gasteiger charge is 2.62. The van der Waals surface area contributed by atoms with Gasteiger partial charge in [-0.15, -0.1) is 0 Å². The Morgan fingerprint density at radius 2 is 2.15 bits per heavy atom. The van der Waals surface area contributed by atoms with Crippen LogP contribution in [0, 0.1) is 22.7 Å². The van der Waals surface area contributed by atoms with Gasteiger partial charge in [0.1, 0.15) is 6.10 Å². The van der Waals surface area contributed by atoms with Crippen molar-refractivity contribution in [1.82, 2.24) is 0 Å². The molecule has 27 heavy (non-hydrogen) atoms. The van der Waals surface area contributed by atoms with Crippen LogP contribution in [0.1, 0.15) is 51.2 Å². The van der Waals surface area contributed by atoms with Crippen LogP contribution >= 0.6 is 0 Å². The predicted molar refractivity (Wildman–Crippen MR) is 95.3 cm³/mol. The maximum atomic E-state index is 12.8. The molecule has 4 rings (SSSR count). The summed E-state index contributed by atoms with van der Waals surface area (Å²) in [7, 11) is 1.36. The van der Waals surface area contributed by atoms with Crippen LogP contribution in [0.3, 0.4) is 0 Å². The summed E-state index contributed by atoms with van der Waals surface area (Å²) >= 11 is 0. The first-order chi connectivity index (χ1) is 12.8. The number of cyclic esters (lactones) is 1. The molecule has 3 aliphatic rings. The van der Waals surface area contributed by atoms with Gasteiger partial charge in [-0.05, 0) is 49.2 Å². The van der Waals surface area contributed by atoms with Gasteiger partial charge in [0, 0.05) is 16.6 Å². The van der Waals surface area contributed by atoms with E-state index in [0.29, 0.717) is 31.3 Å². The van der Waals surface area contributed by atoms with Gasteiger partial charge in [-0.1, -0.05) is 13.8 Å². The van der Waals surface area contributed by atoms with Crippen molar-refractivity contribution >= 4 is 11.9 Å². The molecule has 1 saturated heterocycles. The van der Waals surface area contributed by atoms with Crippen LogP contribution in [-0.2, 0) is 19.1 Å². The average Bonchev–Trinajstić information content (AvgIpc) is 3.16. The van der Waals surface area contributed by atoms with Crippen LogP contribution in [0.25, 0.3) is 0 Å². The van der Waals surface area contributed by atoms with E-state index in [1.54, 1.807) is 18.6 Å². The molecule has 1 aliphatic heterocycles. The number of aliphatic hydroxyl groups excluding tert-OH is 1. The molecule has 0 amide bonds. The lowest BCUT2D eigenvalue weighted by Gasteiger charge is -2.59. The van der Waals surface area contributed by atoms with Crippen molar-refractivity contribution in [3.05, 3.63) is 35.8 Å². The van der Waals surface area contributed by atoms with Gasteiger partial charge >= 0.3 is 11.9 Å². The number of rotatable bonds is 2. The van der Waals surface area contributed by atoms with Crippen LogP contribution in [0.5, 0.6) is 0 Å². The maximum Gasteiger partial charge on any atom is 0.334 e. The second-order valence-corrected chi connectivity index (χ2v) is 8.63. The summed E-state index contributed by atoms with van der Waals surface area (Å²) in [4.78, 5) is 25.3. The van der Waals surface area contributed by atoms with Crippen molar-refractivity contribution in [1.29, 1.82) is 0 Å². The van der Waals surface area contributed by atoms with Crippen molar-refractivity contribution in [2.45, 2.75) is 51.7 Å². The lowest BCUT2D eigenvalue weighted by atomic mass is 9.45. The number of furan rings is 1. The van der Waals surface area contributed by atoms with Gasteiger partial charge in [-0.2, -0.15) is 0 Å². The van der Waals surface area contributed by atoms with Gasteiger partial charge < -0.3 is 19.0 Å². The van der Waals surface area contributed by atoms with Gasteiger partial charge in [0.15, 0.2) is 0 Å². The van der Waals surface area contributed by atoms with Crippen LogP contribution in [0.15, 0.2) is 34.7 Å². The zero-order chi connectivity index (χ0) is 19.4. The predicted octanol–water partition coefficient (Wildman–Crippen LogP) is 3.17. The molecule has 1 aromatic heterocycles. The Balaban J connectivity index is 1.75. The minimum Gasteiger partial charge on any atom is -0.472 e. The van der Waals surface area contributed by atoms with Crippen molar-refractivity contribution < 1.29 is 28.6 Å². The minimum atomic E-state index is -0.724. The SMILES string of the molecule is COC(=O)C1=C[C@H](O)C[C@H]2[C@]3(C)C[C@H](c4ccoc4)OC(=O)[C@@H]3CC[C@@]12C. The summed E-state index contributed by atoms with van der Waals surface area (Å²) in [5.74, 6) is -0.850. The summed E-state index contributed by atoms with van der Waals surface area (Å²) in [6.45, 7) is 4.18. The van der Waals surface area contributed by atoms with E-state index in [1.807, 2.05) is 6.07 Å². The molecule has 146 valence electrons. The number of carbonyl (C=O) groups excluding carboxylic acids is 2. The zero-order valence-electron chi connectivity index (χ0n) is 15.9. The highest BCUT2D eigenvalue weighted by atomic mass is 16.5. The van der Waals surface area contributed by atoms with Gasteiger partial charge in [0.2, 0.25) is 0 Å². The first-order valence-electron chi connectivity index (χ1n) is 9.51. The van der Waals surface area contributed by atoms with Crippen LogP contribution < -0.4 is 0 Å². The Bertz CT molecular complexity index is 781. The van der Waals surface area contributed by atoms with Crippen LogP contribution in [0.2, 0.25) is 0 Å². The molecule has 1 N–H and O–H groups in total. The van der Waals surface area contributed by atoms with Gasteiger partial charge in [-0.3, -0.25) is 4.79 Å². The Labute approximate surface area is 158 Å². The van der Waals surface area contributed by atoms with Crippen molar-refractivity contribution in [3.8, 4) is 0 Å². The summed E-state index contributed by atoms with van der Waals surface area (Å²) in [6.07, 6.45) is 6.25. The monoisotopic (exact) mass is 374 g/mol. The molecule has 0 radical (unpaired) electrons. The van der Waals surface area contributed by atoms with E-state index >= 15 is 0 Å². The van der Waals surface area contributed by atoms with E-state index < -0.39 is 22.9 Å². The van der Waals surface area contributed by atoms with E-state index in [0.717, 1.165) is 5.56 Å². The highest BCUT2D eigenvalue weighted by Crippen LogP contribution is 2.64. The standard InChI is InChI=1S/C21H26O6/c1-20-6-4-14-19(24)27-16(12-5-7-26-11-12)10-21(14,2)17(20)9-13(22)8-15(20)18(23)25-3/h5,7-8,11,13-14,16-17,22H,4,6,9-10H2,1-3H3/t13-,14-,16+,17+,20-,21+/m0/s1. The molecule has 0 spiro atoms. The molecular weight excluding hydrogens is 348 g/mol. The average molecular weight is 374 g/mol. The fraction of sp³-hybridized carbons (Fsp3) is 0.619. The van der Waals surface area contributed by atoms with E-state index in [9.17, 15) is 14.7 Å². The maximum absolute atomic E-state index is 12.8. The Hall–Kier alpha value is -2.08. The number of hydrogen-bond donors (Lipinski definition) is 1. The van der Waals surface area contributed by atoms with E-state index in [-0.39, 0.29) is 23.9 Å². The smallest absolute Gasteiger partial charge is 0.334 e. The molecule has 2 heterocycles. The Kier molecular flexibility index (Phi) is 4.22. The summed E-state index contributed by atoms with van der Waals surface area (Å²) < 4.78 is 15.9. The number of aliphatic hydroxyl groups is 1. The molecular formula is C21H26O6. The van der Waals surface area contributed by atoms with Gasteiger partial charge in [-0.25, -0.2) is 4.79 Å². The van der Waals surface area contributed by atoms with Gasteiger partial charge in [0.25, 0.3) is 0 Å². The molecule has 0 unspecified atom stereocenters. The second-order valence-electron chi connectivity index (χ2n) is 8.63. The third kappa shape index (κ3) is 2.64. The lowest BCUT2D eigenvalue weighted by Crippen LogP contribution is -2.57. The van der Waals surface area contributed by atoms with Crippen LogP contribution in [0.4, 0.5) is 0 Å². The summed E-state index contributed by atoms with van der Waals surface area (Å²) in [6, 6.07) is 1.82. The number of hydrogen-bond acceptors (Lipinski definition) is 6. The fourth-order valence-corrected chi connectivity index (χ4v) is 5.85. The molecule has 6 nitrogen and oxygen atoms in total. The number of esters is 2. The third-order valence-electron chi connectivity index (χ3n) is 7.25. The normalized spacial score (nSPS) is 41.0. The van der Waals surface area contributed by atoms with Crippen molar-refractivity contribution in [3.63, 3.8) is 0 Å². The Morgan fingerprint density at radius 3 is 2.81 bits per heavy atom. The van der Waals surface area contributed by atoms with E-state index in [4.69, 9.17) is 13.9 Å². The van der Waals surface area contributed by atoms with E-state index in [1.165, 1.54) is 7.11 Å². The molecule has 0 aromatic carbocycles. The molecule has 6 atom stereocenters. The number of ether oxygens (including phenoxy) is 2. The summed E-state index contributed by atoms with van der Waals surface area (Å²) in [5.41, 5.74) is 0.553. The number of methoxy groups -OCH3 is 1. The second kappa shape index (κ2) is 6.23. The first-order valence-corrected chi connectivity index (χ1v) is 9.51.